The van der Waals surface area contributed by atoms with E-state index in [9.17, 15) is 24.3 Å². The molecule has 2 saturated heterocycles. The van der Waals surface area contributed by atoms with Crippen LogP contribution in [0, 0.1) is 17.3 Å². The fraction of sp³-hybridized carbons (Fsp3) is 0.649. The topological polar surface area (TPSA) is 162 Å². The van der Waals surface area contributed by atoms with Crippen molar-refractivity contribution in [1.29, 1.82) is 0 Å². The number of fused-ring (bicyclic) bond motifs is 3. The zero-order chi connectivity index (χ0) is 49.6. The van der Waals surface area contributed by atoms with Gasteiger partial charge >= 0.3 is 11.9 Å². The number of hydrogen-bond acceptors (Lipinski definition) is 10. The zero-order valence-electron chi connectivity index (χ0n) is 42.7. The highest BCUT2D eigenvalue weighted by Crippen LogP contribution is 2.60. The summed E-state index contributed by atoms with van der Waals surface area (Å²) >= 11 is 0. The van der Waals surface area contributed by atoms with Crippen molar-refractivity contribution in [3.63, 3.8) is 0 Å². The smallest absolute Gasteiger partial charge is 0.338 e. The van der Waals surface area contributed by atoms with Crippen LogP contribution in [0.4, 0.5) is 0 Å². The number of aliphatic hydroxyl groups is 1. The summed E-state index contributed by atoms with van der Waals surface area (Å²) in [4.78, 5) is 54.0. The maximum Gasteiger partial charge on any atom is 0.338 e. The van der Waals surface area contributed by atoms with Crippen molar-refractivity contribution in [2.24, 2.45) is 17.3 Å². The number of rotatable bonds is 20. The predicted octanol–water partition coefficient (Wildman–Crippen LogP) is 10.5. The van der Waals surface area contributed by atoms with Crippen molar-refractivity contribution in [3.8, 4) is 0 Å². The molecule has 0 aromatic heterocycles. The maximum absolute atomic E-state index is 14.3. The van der Waals surface area contributed by atoms with E-state index in [-0.39, 0.29) is 43.9 Å². The zero-order valence-corrected chi connectivity index (χ0v) is 42.7. The van der Waals surface area contributed by atoms with Gasteiger partial charge in [0, 0.05) is 43.4 Å². The van der Waals surface area contributed by atoms with Gasteiger partial charge in [-0.15, -0.1) is 0 Å². The number of esters is 2. The van der Waals surface area contributed by atoms with Gasteiger partial charge in [-0.05, 0) is 138 Å². The molecule has 2 aromatic carbocycles. The lowest BCUT2D eigenvalue weighted by Crippen LogP contribution is -2.45. The molecule has 378 valence electrons. The molecule has 2 heterocycles. The van der Waals surface area contributed by atoms with Gasteiger partial charge in [0.1, 0.15) is 23.9 Å². The summed E-state index contributed by atoms with van der Waals surface area (Å²) in [5, 5.41) is 15.8. The van der Waals surface area contributed by atoms with Crippen LogP contribution in [0.5, 0.6) is 0 Å². The molecule has 7 rings (SSSR count). The molecule has 69 heavy (non-hydrogen) atoms. The summed E-state index contributed by atoms with van der Waals surface area (Å²) < 4.78 is 31.8. The number of benzene rings is 2. The Labute approximate surface area is 411 Å². The molecule has 2 aliphatic heterocycles. The molecule has 3 aliphatic carbocycles. The van der Waals surface area contributed by atoms with Gasteiger partial charge in [0.05, 0.1) is 29.9 Å². The first-order valence-electron chi connectivity index (χ1n) is 26.1. The van der Waals surface area contributed by atoms with Crippen LogP contribution in [0.3, 0.4) is 0 Å². The highest BCUT2D eigenvalue weighted by molar-refractivity contribution is 5.95. The molecule has 12 nitrogen and oxygen atoms in total. The average molecular weight is 953 g/mol. The second-order valence-corrected chi connectivity index (χ2v) is 22.4. The van der Waals surface area contributed by atoms with Gasteiger partial charge in [-0.3, -0.25) is 14.4 Å². The Morgan fingerprint density at radius 1 is 0.899 bits per heavy atom. The summed E-state index contributed by atoms with van der Waals surface area (Å²) in [6.07, 6.45) is 15.8. The Hall–Kier alpha value is -4.36. The highest BCUT2D eigenvalue weighted by atomic mass is 16.8. The molecular formula is C57H80N2O10. The molecule has 3 N–H and O–H groups in total. The second-order valence-electron chi connectivity index (χ2n) is 22.4. The summed E-state index contributed by atoms with van der Waals surface area (Å²) in [6, 6.07) is 14.0. The second kappa shape index (κ2) is 22.4. The molecule has 5 aliphatic rings. The third-order valence-electron chi connectivity index (χ3n) is 15.2. The van der Waals surface area contributed by atoms with E-state index in [0.29, 0.717) is 58.5 Å². The van der Waals surface area contributed by atoms with Gasteiger partial charge < -0.3 is 39.4 Å². The Kier molecular flexibility index (Phi) is 17.0. The first-order valence-corrected chi connectivity index (χ1v) is 26.1. The van der Waals surface area contributed by atoms with Gasteiger partial charge in [0.25, 0.3) is 5.91 Å². The summed E-state index contributed by atoms with van der Waals surface area (Å²) in [5.74, 6) is -1.34. The van der Waals surface area contributed by atoms with Crippen LogP contribution in [0.1, 0.15) is 190 Å². The van der Waals surface area contributed by atoms with Crippen LogP contribution in [0.25, 0.3) is 6.08 Å². The molecule has 2 amide bonds. The number of hydrogen-bond donors (Lipinski definition) is 3. The molecule has 2 aromatic rings. The SMILES string of the molecule is CCCCCC1(CCCCC)O[C@@H]2[C@@H](C=C(C(=O)NCc3cccc(C(=O)N[C@H](CO)CCC(=O)OC(C)(C)C)c3)C[C@H]2OC(=O)c2cccc(C=C3CCC4O[C@]4(C)CC[C@@H]4[C@@H]3CC4(C)C)c2)O1. The van der Waals surface area contributed by atoms with Crippen molar-refractivity contribution >= 4 is 29.8 Å². The lowest BCUT2D eigenvalue weighted by atomic mass is 9.52. The first-order chi connectivity index (χ1) is 32.8. The number of carbonyl (C=O) groups excluding carboxylic acids is 4. The number of ether oxygens (including phenoxy) is 5. The molecule has 1 unspecified atom stereocenters. The molecule has 0 spiro atoms. The summed E-state index contributed by atoms with van der Waals surface area (Å²) in [5.41, 5.74) is 4.01. The highest BCUT2D eigenvalue weighted by Gasteiger charge is 2.56. The third-order valence-corrected chi connectivity index (χ3v) is 15.2. The number of nitrogens with one attached hydrogen (secondary N) is 2. The third kappa shape index (κ3) is 13.5. The lowest BCUT2D eigenvalue weighted by molar-refractivity contribution is -0.190. The Balaban J connectivity index is 1.05. The van der Waals surface area contributed by atoms with Crippen LogP contribution in [0.15, 0.2) is 65.8 Å². The fourth-order valence-corrected chi connectivity index (χ4v) is 11.3. The first kappa shape index (κ1) is 52.5. The van der Waals surface area contributed by atoms with Crippen molar-refractivity contribution in [2.75, 3.05) is 6.61 Å². The van der Waals surface area contributed by atoms with E-state index < -0.39 is 53.6 Å². The Bertz CT molecular complexity index is 2200. The average Bonchev–Trinajstić information content (AvgIpc) is 3.79. The van der Waals surface area contributed by atoms with Crippen molar-refractivity contribution < 1.29 is 48.0 Å². The summed E-state index contributed by atoms with van der Waals surface area (Å²) in [6.45, 7) is 16.5. The van der Waals surface area contributed by atoms with E-state index in [2.05, 4.69) is 57.4 Å². The molecule has 4 fully saturated rings. The quantitative estimate of drug-likeness (QED) is 0.0662. The lowest BCUT2D eigenvalue weighted by Gasteiger charge is -2.53. The molecule has 0 radical (unpaired) electrons. The van der Waals surface area contributed by atoms with Gasteiger partial charge in [0.15, 0.2) is 5.79 Å². The number of allylic oxidation sites excluding steroid dienone is 1. The summed E-state index contributed by atoms with van der Waals surface area (Å²) in [7, 11) is 0. The number of aliphatic hydroxyl groups excluding tert-OH is 1. The van der Waals surface area contributed by atoms with Crippen molar-refractivity contribution in [2.45, 2.75) is 212 Å². The Morgan fingerprint density at radius 3 is 2.32 bits per heavy atom. The Morgan fingerprint density at radius 2 is 1.62 bits per heavy atom. The van der Waals surface area contributed by atoms with Gasteiger partial charge in [-0.2, -0.15) is 0 Å². The van der Waals surface area contributed by atoms with Gasteiger partial charge in [-0.1, -0.05) is 89.3 Å². The number of unbranched alkanes of at least 4 members (excludes halogenated alkanes) is 4. The van der Waals surface area contributed by atoms with E-state index in [1.54, 1.807) is 45.0 Å². The minimum absolute atomic E-state index is 0.00761. The van der Waals surface area contributed by atoms with Gasteiger partial charge in [-0.25, -0.2) is 4.79 Å². The van der Waals surface area contributed by atoms with Crippen molar-refractivity contribution in [3.05, 3.63) is 88.0 Å². The standard InChI is InChI=1S/C57H80N2O10/c1-9-11-13-26-57(27-14-12-10-2)66-47-33-42(51(62)58-35-38-18-16-19-40(31-38)52(63)59-43(36-60)22-24-49(61)68-54(3,4)5)32-46(50(47)69-57)65-53(64)41-20-15-17-37(30-41)29-39-21-23-48-56(8,67-48)28-25-45-44(39)34-55(45,6)7/h15-20,29-31,33,43-48,50,60H,9-14,21-28,32,34-36H2,1-8H3,(H,58,62)(H,59,63)/t43-,44+,45+,46+,47+,48?,50-,56+/m0/s1. The monoisotopic (exact) mass is 953 g/mol. The van der Waals surface area contributed by atoms with E-state index in [0.717, 1.165) is 76.2 Å². The van der Waals surface area contributed by atoms with Crippen LogP contribution >= 0.6 is 0 Å². The molecule has 0 bridgehead atoms. The minimum Gasteiger partial charge on any atom is -0.460 e. The normalized spacial score (nSPS) is 27.7. The number of amides is 2. The molecule has 12 heteroatoms. The van der Waals surface area contributed by atoms with Crippen LogP contribution < -0.4 is 10.6 Å². The molecular weight excluding hydrogens is 873 g/mol. The maximum atomic E-state index is 14.3. The van der Waals surface area contributed by atoms with Crippen LogP contribution in [-0.2, 0) is 39.8 Å². The largest absolute Gasteiger partial charge is 0.460 e. The van der Waals surface area contributed by atoms with Gasteiger partial charge in [0.2, 0.25) is 5.91 Å². The number of epoxide rings is 1. The number of carbonyl (C=O) groups is 4. The van der Waals surface area contributed by atoms with Crippen molar-refractivity contribution in [1.82, 2.24) is 10.6 Å². The van der Waals surface area contributed by atoms with Crippen LogP contribution in [0.2, 0.25) is 0 Å². The molecule has 2 saturated carbocycles. The van der Waals surface area contributed by atoms with E-state index in [1.165, 1.54) is 5.57 Å². The minimum atomic E-state index is -0.849. The van der Waals surface area contributed by atoms with E-state index in [1.807, 2.05) is 24.3 Å². The predicted molar refractivity (Wildman–Crippen MR) is 266 cm³/mol. The molecule has 8 atom stereocenters. The van der Waals surface area contributed by atoms with E-state index >= 15 is 0 Å². The fourth-order valence-electron chi connectivity index (χ4n) is 11.3. The van der Waals surface area contributed by atoms with E-state index in [4.69, 9.17) is 23.7 Å². The van der Waals surface area contributed by atoms with Crippen LogP contribution in [-0.4, -0.2) is 82.9 Å².